The van der Waals surface area contributed by atoms with Crippen molar-refractivity contribution in [3.8, 4) is 0 Å². The summed E-state index contributed by atoms with van der Waals surface area (Å²) in [5.41, 5.74) is 6.74. The van der Waals surface area contributed by atoms with Crippen molar-refractivity contribution in [1.82, 2.24) is 0 Å². The molecule has 0 amide bonds. The summed E-state index contributed by atoms with van der Waals surface area (Å²) < 4.78 is 0. The van der Waals surface area contributed by atoms with Crippen LogP contribution >= 0.6 is 0 Å². The molecular weight excluding hydrogens is 194 g/mol. The third-order valence-electron chi connectivity index (χ3n) is 4.76. The fraction of sp³-hybridized carbons (Fsp3) is 1.00. The second kappa shape index (κ2) is 4.68. The van der Waals surface area contributed by atoms with Gasteiger partial charge in [-0.05, 0) is 61.7 Å². The van der Waals surface area contributed by atoms with Gasteiger partial charge in [0.05, 0.1) is 0 Å². The quantitative estimate of drug-likeness (QED) is 0.767. The lowest BCUT2D eigenvalue weighted by molar-refractivity contribution is 0.272. The van der Waals surface area contributed by atoms with Gasteiger partial charge < -0.3 is 5.73 Å². The van der Waals surface area contributed by atoms with E-state index in [9.17, 15) is 0 Å². The van der Waals surface area contributed by atoms with E-state index in [0.717, 1.165) is 17.8 Å². The molecule has 2 aliphatic carbocycles. The zero-order valence-electron chi connectivity index (χ0n) is 11.3. The van der Waals surface area contributed by atoms with Gasteiger partial charge >= 0.3 is 0 Å². The maximum atomic E-state index is 6.29. The van der Waals surface area contributed by atoms with E-state index >= 15 is 0 Å². The van der Waals surface area contributed by atoms with Gasteiger partial charge in [-0.25, -0.2) is 0 Å². The average molecular weight is 223 g/mol. The number of hydrogen-bond acceptors (Lipinski definition) is 1. The second-order valence-corrected chi connectivity index (χ2v) is 7.53. The lowest BCUT2D eigenvalue weighted by Gasteiger charge is -2.26. The molecule has 0 aromatic rings. The lowest BCUT2D eigenvalue weighted by Crippen LogP contribution is -2.27. The highest BCUT2D eigenvalue weighted by Crippen LogP contribution is 2.49. The highest BCUT2D eigenvalue weighted by Gasteiger charge is 2.39. The Morgan fingerprint density at radius 2 is 1.94 bits per heavy atom. The zero-order valence-corrected chi connectivity index (χ0v) is 11.3. The average Bonchev–Trinajstić information content (AvgIpc) is 2.75. The van der Waals surface area contributed by atoms with E-state index in [1.54, 1.807) is 0 Å². The van der Waals surface area contributed by atoms with Gasteiger partial charge in [0.1, 0.15) is 0 Å². The van der Waals surface area contributed by atoms with Crippen molar-refractivity contribution in [2.24, 2.45) is 28.9 Å². The normalized spacial score (nSPS) is 35.6. The Balaban J connectivity index is 1.69. The van der Waals surface area contributed by atoms with Gasteiger partial charge in [0.15, 0.2) is 0 Å². The molecule has 2 saturated carbocycles. The number of nitrogens with two attached hydrogens (primary N) is 1. The molecule has 2 bridgehead atoms. The number of fused-ring (bicyclic) bond motifs is 2. The van der Waals surface area contributed by atoms with Crippen LogP contribution < -0.4 is 5.73 Å². The molecule has 2 N–H and O–H groups in total. The summed E-state index contributed by atoms with van der Waals surface area (Å²) in [5.74, 6) is 3.10. The molecule has 2 aliphatic rings. The van der Waals surface area contributed by atoms with E-state index in [0.29, 0.717) is 11.5 Å². The fourth-order valence-corrected chi connectivity index (χ4v) is 3.79. The Kier molecular flexibility index (Phi) is 3.63. The molecule has 1 heteroatoms. The van der Waals surface area contributed by atoms with Crippen LogP contribution in [0.25, 0.3) is 0 Å². The van der Waals surface area contributed by atoms with Crippen LogP contribution in [0.2, 0.25) is 0 Å². The molecule has 0 aromatic carbocycles. The third kappa shape index (κ3) is 3.23. The first kappa shape index (κ1) is 12.4. The molecule has 94 valence electrons. The van der Waals surface area contributed by atoms with Crippen LogP contribution in [0.4, 0.5) is 0 Å². The third-order valence-corrected chi connectivity index (χ3v) is 4.76. The molecule has 0 heterocycles. The van der Waals surface area contributed by atoms with E-state index in [2.05, 4.69) is 20.8 Å². The molecule has 1 nitrogen and oxygen atoms in total. The maximum Gasteiger partial charge on any atom is 0.00417 e. The van der Waals surface area contributed by atoms with Gasteiger partial charge in [0.2, 0.25) is 0 Å². The molecule has 0 saturated heterocycles. The molecule has 16 heavy (non-hydrogen) atoms. The van der Waals surface area contributed by atoms with Crippen LogP contribution in [0.5, 0.6) is 0 Å². The fourth-order valence-electron chi connectivity index (χ4n) is 3.79. The Morgan fingerprint density at radius 3 is 2.44 bits per heavy atom. The summed E-state index contributed by atoms with van der Waals surface area (Å²) in [5, 5.41) is 0. The Labute approximate surface area is 101 Å². The first-order chi connectivity index (χ1) is 7.44. The predicted molar refractivity (Wildman–Crippen MR) is 70.2 cm³/mol. The van der Waals surface area contributed by atoms with E-state index in [-0.39, 0.29) is 0 Å². The standard InChI is InChI=1S/C15H29N/c1-15(2,3)7-6-14(16)10-13-9-11-4-5-12(13)8-11/h11-14H,4-10,16H2,1-3H3. The molecular formula is C15H29N. The largest absolute Gasteiger partial charge is 0.328 e. The molecule has 0 aromatic heterocycles. The van der Waals surface area contributed by atoms with Crippen LogP contribution in [-0.2, 0) is 0 Å². The minimum Gasteiger partial charge on any atom is -0.328 e. The zero-order chi connectivity index (χ0) is 11.8. The van der Waals surface area contributed by atoms with E-state index in [4.69, 9.17) is 5.73 Å². The van der Waals surface area contributed by atoms with Crippen molar-refractivity contribution >= 4 is 0 Å². The van der Waals surface area contributed by atoms with Crippen LogP contribution in [-0.4, -0.2) is 6.04 Å². The van der Waals surface area contributed by atoms with Crippen molar-refractivity contribution in [3.05, 3.63) is 0 Å². The van der Waals surface area contributed by atoms with E-state index in [1.807, 2.05) is 0 Å². The Morgan fingerprint density at radius 1 is 1.19 bits per heavy atom. The monoisotopic (exact) mass is 223 g/mol. The Hall–Kier alpha value is -0.0400. The van der Waals surface area contributed by atoms with Gasteiger partial charge in [-0.3, -0.25) is 0 Å². The number of hydrogen-bond donors (Lipinski definition) is 1. The topological polar surface area (TPSA) is 26.0 Å². The van der Waals surface area contributed by atoms with Crippen molar-refractivity contribution in [2.45, 2.75) is 71.8 Å². The molecule has 2 fully saturated rings. The van der Waals surface area contributed by atoms with Gasteiger partial charge in [-0.1, -0.05) is 27.2 Å². The van der Waals surface area contributed by atoms with Crippen LogP contribution in [0.15, 0.2) is 0 Å². The summed E-state index contributed by atoms with van der Waals surface area (Å²) in [4.78, 5) is 0. The summed E-state index contributed by atoms with van der Waals surface area (Å²) in [6, 6.07) is 0.462. The van der Waals surface area contributed by atoms with Gasteiger partial charge in [0, 0.05) is 6.04 Å². The lowest BCUT2D eigenvalue weighted by atomic mass is 9.81. The SMILES string of the molecule is CC(C)(C)CCC(N)CC1CC2CCC1C2. The molecule has 0 radical (unpaired) electrons. The molecule has 2 rings (SSSR count). The van der Waals surface area contributed by atoms with Gasteiger partial charge in [0.25, 0.3) is 0 Å². The molecule has 0 spiro atoms. The Bertz CT molecular complexity index is 228. The summed E-state index contributed by atoms with van der Waals surface area (Å²) in [6.07, 6.45) is 9.83. The summed E-state index contributed by atoms with van der Waals surface area (Å²) in [6.45, 7) is 6.95. The van der Waals surface area contributed by atoms with E-state index < -0.39 is 0 Å². The summed E-state index contributed by atoms with van der Waals surface area (Å²) >= 11 is 0. The summed E-state index contributed by atoms with van der Waals surface area (Å²) in [7, 11) is 0. The highest BCUT2D eigenvalue weighted by atomic mass is 14.6. The molecule has 0 aliphatic heterocycles. The van der Waals surface area contributed by atoms with Gasteiger partial charge in [-0.2, -0.15) is 0 Å². The predicted octanol–water partition coefficient (Wildman–Crippen LogP) is 3.97. The molecule has 4 atom stereocenters. The van der Waals surface area contributed by atoms with Crippen molar-refractivity contribution < 1.29 is 0 Å². The maximum absolute atomic E-state index is 6.29. The first-order valence-electron chi connectivity index (χ1n) is 7.19. The van der Waals surface area contributed by atoms with Crippen molar-refractivity contribution in [3.63, 3.8) is 0 Å². The first-order valence-corrected chi connectivity index (χ1v) is 7.19. The van der Waals surface area contributed by atoms with Crippen LogP contribution in [0.3, 0.4) is 0 Å². The van der Waals surface area contributed by atoms with Crippen LogP contribution in [0.1, 0.15) is 65.7 Å². The van der Waals surface area contributed by atoms with Gasteiger partial charge in [-0.15, -0.1) is 0 Å². The number of rotatable bonds is 4. The second-order valence-electron chi connectivity index (χ2n) is 7.53. The minimum atomic E-state index is 0.451. The van der Waals surface area contributed by atoms with Crippen molar-refractivity contribution in [1.29, 1.82) is 0 Å². The molecule has 4 unspecified atom stereocenters. The van der Waals surface area contributed by atoms with Crippen molar-refractivity contribution in [2.75, 3.05) is 0 Å². The minimum absolute atomic E-state index is 0.451. The van der Waals surface area contributed by atoms with Crippen LogP contribution in [0, 0.1) is 23.2 Å². The highest BCUT2D eigenvalue weighted by molar-refractivity contribution is 4.91. The smallest absolute Gasteiger partial charge is 0.00417 e. The van der Waals surface area contributed by atoms with E-state index in [1.165, 1.54) is 44.9 Å².